The maximum atomic E-state index is 6.05. The van der Waals surface area contributed by atoms with Gasteiger partial charge >= 0.3 is 0 Å². The van der Waals surface area contributed by atoms with Gasteiger partial charge in [0.1, 0.15) is 0 Å². The molecule has 2 rings (SSSR count). The molecule has 0 atom stereocenters. The van der Waals surface area contributed by atoms with E-state index in [1.807, 2.05) is 6.08 Å². The smallest absolute Gasteiger partial charge is 0.0406 e. The number of likely N-dealkylation sites (N-methyl/N-ethyl adjacent to an activating group) is 1. The number of rotatable bonds is 2. The minimum absolute atomic E-state index is 0.790. The third-order valence-electron chi connectivity index (χ3n) is 2.97. The van der Waals surface area contributed by atoms with E-state index in [-0.39, 0.29) is 0 Å². The monoisotopic (exact) mass is 215 g/mol. The van der Waals surface area contributed by atoms with Gasteiger partial charge in [0.15, 0.2) is 0 Å². The molecular formula is C13H17N3. The Hall–Kier alpha value is -1.77. The molecule has 2 N–H and O–H groups in total. The number of hydrogen-bond acceptors (Lipinski definition) is 3. The van der Waals surface area contributed by atoms with Crippen LogP contribution in [0.3, 0.4) is 0 Å². The summed E-state index contributed by atoms with van der Waals surface area (Å²) in [5.41, 5.74) is 10.6. The summed E-state index contributed by atoms with van der Waals surface area (Å²) < 4.78 is 0. The predicted octanol–water partition coefficient (Wildman–Crippen LogP) is 1.68. The van der Waals surface area contributed by atoms with E-state index in [1.54, 1.807) is 13.3 Å². The van der Waals surface area contributed by atoms with E-state index < -0.39 is 0 Å². The van der Waals surface area contributed by atoms with Gasteiger partial charge < -0.3 is 10.6 Å². The Labute approximate surface area is 96.3 Å². The first-order valence-corrected chi connectivity index (χ1v) is 5.45. The number of nitrogens with zero attached hydrogens (tertiary/aromatic N) is 2. The molecule has 0 amide bonds. The highest BCUT2D eigenvalue weighted by Gasteiger charge is 2.18. The summed E-state index contributed by atoms with van der Waals surface area (Å²) in [6.45, 7) is 1.07. The van der Waals surface area contributed by atoms with Gasteiger partial charge in [-0.2, -0.15) is 0 Å². The molecule has 16 heavy (non-hydrogen) atoms. The van der Waals surface area contributed by atoms with Crippen molar-refractivity contribution in [1.82, 2.24) is 0 Å². The van der Waals surface area contributed by atoms with E-state index in [9.17, 15) is 0 Å². The molecule has 84 valence electrons. The molecule has 0 saturated carbocycles. The van der Waals surface area contributed by atoms with Crippen molar-refractivity contribution in [3.63, 3.8) is 0 Å². The van der Waals surface area contributed by atoms with Crippen molar-refractivity contribution < 1.29 is 0 Å². The van der Waals surface area contributed by atoms with Crippen molar-refractivity contribution >= 4 is 17.6 Å². The second-order valence-corrected chi connectivity index (χ2v) is 4.00. The molecule has 0 unspecified atom stereocenters. The first kappa shape index (κ1) is 10.7. The first-order chi connectivity index (χ1) is 7.74. The van der Waals surface area contributed by atoms with Gasteiger partial charge in [0.05, 0.1) is 0 Å². The SMILES string of the molecule is CN=CC=C(N)c1cccc2c1CCN2C. The Bertz CT molecular complexity index is 446. The molecule has 3 heteroatoms. The van der Waals surface area contributed by atoms with Crippen LogP contribution in [0.25, 0.3) is 5.70 Å². The number of hydrogen-bond donors (Lipinski definition) is 1. The van der Waals surface area contributed by atoms with Crippen molar-refractivity contribution in [2.24, 2.45) is 10.7 Å². The maximum Gasteiger partial charge on any atom is 0.0406 e. The number of anilines is 1. The highest BCUT2D eigenvalue weighted by molar-refractivity contribution is 5.85. The van der Waals surface area contributed by atoms with Gasteiger partial charge in [-0.05, 0) is 24.1 Å². The molecule has 1 aromatic rings. The van der Waals surface area contributed by atoms with Crippen LogP contribution in [0.15, 0.2) is 29.3 Å². The normalized spacial score (nSPS) is 15.9. The number of allylic oxidation sites excluding steroid dienone is 1. The van der Waals surface area contributed by atoms with Gasteiger partial charge in [-0.1, -0.05) is 12.1 Å². The van der Waals surface area contributed by atoms with Crippen LogP contribution in [0.1, 0.15) is 11.1 Å². The summed E-state index contributed by atoms with van der Waals surface area (Å²) in [5, 5.41) is 0. The van der Waals surface area contributed by atoms with E-state index in [1.165, 1.54) is 11.3 Å². The molecule has 1 heterocycles. The fourth-order valence-electron chi connectivity index (χ4n) is 2.11. The standard InChI is InChI=1S/C13H17N3/c1-15-8-6-12(14)10-4-3-5-13-11(10)7-9-16(13)2/h3-6,8H,7,9,14H2,1-2H3. The summed E-state index contributed by atoms with van der Waals surface area (Å²) in [4.78, 5) is 6.18. The van der Waals surface area contributed by atoms with Gasteiger partial charge in [-0.15, -0.1) is 0 Å². The molecule has 1 aliphatic heterocycles. The molecule has 1 aromatic carbocycles. The lowest BCUT2D eigenvalue weighted by molar-refractivity contribution is 0.955. The zero-order valence-electron chi connectivity index (χ0n) is 9.77. The molecule has 1 aliphatic rings. The van der Waals surface area contributed by atoms with Crippen LogP contribution in [0.4, 0.5) is 5.69 Å². The van der Waals surface area contributed by atoms with Crippen molar-refractivity contribution in [3.05, 3.63) is 35.4 Å². The number of benzene rings is 1. The fourth-order valence-corrected chi connectivity index (χ4v) is 2.11. The predicted molar refractivity (Wildman–Crippen MR) is 70.0 cm³/mol. The topological polar surface area (TPSA) is 41.6 Å². The largest absolute Gasteiger partial charge is 0.398 e. The zero-order valence-corrected chi connectivity index (χ0v) is 9.77. The van der Waals surface area contributed by atoms with Gasteiger partial charge in [-0.25, -0.2) is 0 Å². The van der Waals surface area contributed by atoms with Gasteiger partial charge in [0.25, 0.3) is 0 Å². The molecule has 0 aliphatic carbocycles. The van der Waals surface area contributed by atoms with Crippen LogP contribution < -0.4 is 10.6 Å². The first-order valence-electron chi connectivity index (χ1n) is 5.45. The van der Waals surface area contributed by atoms with Crippen molar-refractivity contribution in [2.75, 3.05) is 25.5 Å². The molecule has 0 radical (unpaired) electrons. The fraction of sp³-hybridized carbons (Fsp3) is 0.308. The van der Waals surface area contributed by atoms with E-state index in [2.05, 4.69) is 35.1 Å². The van der Waals surface area contributed by atoms with Crippen LogP contribution in [0, 0.1) is 0 Å². The van der Waals surface area contributed by atoms with E-state index in [0.717, 1.165) is 24.2 Å². The summed E-state index contributed by atoms with van der Waals surface area (Å²) in [5.74, 6) is 0. The van der Waals surface area contributed by atoms with E-state index in [0.29, 0.717) is 0 Å². The molecule has 0 aromatic heterocycles. The quantitative estimate of drug-likeness (QED) is 0.763. The summed E-state index contributed by atoms with van der Waals surface area (Å²) in [6, 6.07) is 6.28. The highest BCUT2D eigenvalue weighted by atomic mass is 15.1. The summed E-state index contributed by atoms with van der Waals surface area (Å²) >= 11 is 0. The molecular weight excluding hydrogens is 198 g/mol. The third-order valence-corrected chi connectivity index (χ3v) is 2.97. The number of aliphatic imine (C=N–C) groups is 1. The summed E-state index contributed by atoms with van der Waals surface area (Å²) in [7, 11) is 3.86. The average Bonchev–Trinajstić information content (AvgIpc) is 2.68. The van der Waals surface area contributed by atoms with Crippen molar-refractivity contribution in [3.8, 4) is 0 Å². The van der Waals surface area contributed by atoms with Gasteiger partial charge in [0.2, 0.25) is 0 Å². The number of nitrogens with two attached hydrogens (primary N) is 1. The van der Waals surface area contributed by atoms with Crippen LogP contribution in [0.2, 0.25) is 0 Å². The highest BCUT2D eigenvalue weighted by Crippen LogP contribution is 2.31. The summed E-state index contributed by atoms with van der Waals surface area (Å²) in [6.07, 6.45) is 4.65. The average molecular weight is 215 g/mol. The van der Waals surface area contributed by atoms with Crippen LogP contribution >= 0.6 is 0 Å². The van der Waals surface area contributed by atoms with Crippen molar-refractivity contribution in [1.29, 1.82) is 0 Å². The maximum absolute atomic E-state index is 6.05. The zero-order chi connectivity index (χ0) is 11.5. The second-order valence-electron chi connectivity index (χ2n) is 4.00. The molecule has 3 nitrogen and oxygen atoms in total. The molecule has 0 saturated heterocycles. The Morgan fingerprint density at radius 3 is 3.06 bits per heavy atom. The third kappa shape index (κ3) is 1.81. The Morgan fingerprint density at radius 1 is 1.50 bits per heavy atom. The second kappa shape index (κ2) is 4.39. The molecule has 0 fully saturated rings. The Kier molecular flexibility index (Phi) is 2.95. The van der Waals surface area contributed by atoms with Gasteiger partial charge in [0, 0.05) is 43.8 Å². The van der Waals surface area contributed by atoms with E-state index in [4.69, 9.17) is 5.73 Å². The van der Waals surface area contributed by atoms with Crippen molar-refractivity contribution in [2.45, 2.75) is 6.42 Å². The molecule has 0 bridgehead atoms. The van der Waals surface area contributed by atoms with Crippen LogP contribution in [-0.2, 0) is 6.42 Å². The lowest BCUT2D eigenvalue weighted by Crippen LogP contribution is -2.12. The van der Waals surface area contributed by atoms with Gasteiger partial charge in [-0.3, -0.25) is 4.99 Å². The Balaban J connectivity index is 2.44. The van der Waals surface area contributed by atoms with Crippen LogP contribution in [-0.4, -0.2) is 26.9 Å². The minimum atomic E-state index is 0.790. The van der Waals surface area contributed by atoms with Crippen LogP contribution in [0.5, 0.6) is 0 Å². The lowest BCUT2D eigenvalue weighted by atomic mass is 10.0. The minimum Gasteiger partial charge on any atom is -0.398 e. The Morgan fingerprint density at radius 2 is 2.31 bits per heavy atom. The van der Waals surface area contributed by atoms with E-state index >= 15 is 0 Å². The lowest BCUT2D eigenvalue weighted by Gasteiger charge is -2.13. The molecule has 0 spiro atoms. The number of fused-ring (bicyclic) bond motifs is 1.